The second-order valence-corrected chi connectivity index (χ2v) is 7.63. The smallest absolute Gasteiger partial charge is 0.224 e. The Bertz CT molecular complexity index is 845. The van der Waals surface area contributed by atoms with Crippen LogP contribution in [-0.4, -0.2) is 21.3 Å². The molecule has 2 unspecified atom stereocenters. The van der Waals surface area contributed by atoms with Gasteiger partial charge in [-0.15, -0.1) is 23.7 Å². The Kier molecular flexibility index (Phi) is 5.96. The number of carbonyl (C=O) groups excluding carboxylic acids is 1. The number of amides is 1. The topological polar surface area (TPSA) is 72.4 Å². The minimum atomic E-state index is 0. The minimum absolute atomic E-state index is 0. The molecule has 26 heavy (non-hydrogen) atoms. The fourth-order valence-corrected chi connectivity index (χ4v) is 4.23. The van der Waals surface area contributed by atoms with E-state index in [1.165, 1.54) is 12.8 Å². The van der Waals surface area contributed by atoms with Crippen LogP contribution >= 0.6 is 23.7 Å². The minimum Gasteiger partial charge on any atom is -0.327 e. The quantitative estimate of drug-likeness (QED) is 0.696. The molecule has 1 saturated carbocycles. The van der Waals surface area contributed by atoms with Crippen molar-refractivity contribution in [2.75, 3.05) is 5.32 Å². The lowest BCUT2D eigenvalue weighted by molar-refractivity contribution is -0.117. The number of hydrogen-bond acceptors (Lipinski definition) is 4. The van der Waals surface area contributed by atoms with E-state index < -0.39 is 0 Å². The first-order valence-electron chi connectivity index (χ1n) is 8.77. The van der Waals surface area contributed by atoms with Crippen LogP contribution in [0.1, 0.15) is 32.1 Å². The molecule has 0 radical (unpaired) electrons. The van der Waals surface area contributed by atoms with Crippen LogP contribution in [0, 0.1) is 5.92 Å². The van der Waals surface area contributed by atoms with Crippen molar-refractivity contribution in [1.82, 2.24) is 9.38 Å². The van der Waals surface area contributed by atoms with Crippen molar-refractivity contribution in [3.8, 4) is 11.3 Å². The Balaban J connectivity index is 0.00000196. The number of aromatic nitrogens is 2. The first-order chi connectivity index (χ1) is 12.2. The summed E-state index contributed by atoms with van der Waals surface area (Å²) in [4.78, 5) is 17.9. The first-order valence-corrected chi connectivity index (χ1v) is 9.65. The lowest BCUT2D eigenvalue weighted by Gasteiger charge is -2.27. The largest absolute Gasteiger partial charge is 0.327 e. The Hall–Kier alpha value is -1.89. The molecule has 1 fully saturated rings. The summed E-state index contributed by atoms with van der Waals surface area (Å²) in [6, 6.07) is 8.02. The van der Waals surface area contributed by atoms with Gasteiger partial charge in [0.2, 0.25) is 5.91 Å². The number of nitrogens with zero attached hydrogens (tertiary/aromatic N) is 2. The second kappa shape index (κ2) is 8.20. The van der Waals surface area contributed by atoms with Crippen LogP contribution < -0.4 is 11.1 Å². The molecule has 1 amide bonds. The van der Waals surface area contributed by atoms with Gasteiger partial charge in [-0.3, -0.25) is 9.20 Å². The lowest BCUT2D eigenvalue weighted by Crippen LogP contribution is -2.35. The van der Waals surface area contributed by atoms with Crippen molar-refractivity contribution in [1.29, 1.82) is 0 Å². The zero-order valence-electron chi connectivity index (χ0n) is 14.4. The number of benzene rings is 1. The second-order valence-electron chi connectivity index (χ2n) is 6.76. The van der Waals surface area contributed by atoms with Gasteiger partial charge >= 0.3 is 0 Å². The molecule has 2 aromatic heterocycles. The van der Waals surface area contributed by atoms with Crippen molar-refractivity contribution in [2.24, 2.45) is 11.7 Å². The maximum Gasteiger partial charge on any atom is 0.224 e. The SMILES string of the molecule is Cl.NC1CCCCC1CC(=O)Nc1ccc(-c2cn3ccsc3n2)cc1. The molecule has 0 saturated heterocycles. The molecular weight excluding hydrogens is 368 g/mol. The molecule has 3 N–H and O–H groups in total. The summed E-state index contributed by atoms with van der Waals surface area (Å²) in [5, 5.41) is 5.01. The standard InChI is InChI=1S/C19H22N4OS.ClH/c20-16-4-2-1-3-14(16)11-18(24)21-15-7-5-13(6-8-15)17-12-23-9-10-25-19(23)22-17;/h5-10,12,14,16H,1-4,11,20H2,(H,21,24);1H. The Labute approximate surface area is 163 Å². The maximum atomic E-state index is 12.3. The zero-order valence-corrected chi connectivity index (χ0v) is 16.1. The van der Waals surface area contributed by atoms with E-state index in [0.29, 0.717) is 12.3 Å². The fourth-order valence-electron chi connectivity index (χ4n) is 3.53. The van der Waals surface area contributed by atoms with Crippen molar-refractivity contribution < 1.29 is 4.79 Å². The van der Waals surface area contributed by atoms with E-state index in [-0.39, 0.29) is 24.4 Å². The monoisotopic (exact) mass is 390 g/mol. The maximum absolute atomic E-state index is 12.3. The van der Waals surface area contributed by atoms with E-state index in [9.17, 15) is 4.79 Å². The molecule has 1 aromatic carbocycles. The number of imidazole rings is 1. The average Bonchev–Trinajstić information content (AvgIpc) is 3.19. The van der Waals surface area contributed by atoms with E-state index in [4.69, 9.17) is 5.73 Å². The first kappa shape index (κ1) is 18.9. The summed E-state index contributed by atoms with van der Waals surface area (Å²) in [5.41, 5.74) is 8.95. The number of nitrogens with two attached hydrogens (primary N) is 1. The van der Waals surface area contributed by atoms with Crippen LogP contribution in [0.5, 0.6) is 0 Å². The molecule has 0 spiro atoms. The highest BCUT2D eigenvalue weighted by Gasteiger charge is 2.24. The van der Waals surface area contributed by atoms with Gasteiger partial charge in [-0.25, -0.2) is 4.98 Å². The molecule has 2 heterocycles. The van der Waals surface area contributed by atoms with Gasteiger partial charge in [-0.05, 0) is 30.9 Å². The molecular formula is C19H23ClN4OS. The summed E-state index contributed by atoms with van der Waals surface area (Å²) in [5.74, 6) is 0.365. The number of carbonyl (C=O) groups is 1. The molecule has 1 aliphatic rings. The molecule has 3 aromatic rings. The van der Waals surface area contributed by atoms with Crippen molar-refractivity contribution in [3.05, 3.63) is 42.0 Å². The third-order valence-corrected chi connectivity index (χ3v) is 5.74. The molecule has 0 bridgehead atoms. The van der Waals surface area contributed by atoms with Crippen molar-refractivity contribution >= 4 is 40.3 Å². The number of anilines is 1. The molecule has 1 aliphatic carbocycles. The van der Waals surface area contributed by atoms with Crippen LogP contribution in [-0.2, 0) is 4.79 Å². The predicted molar refractivity (Wildman–Crippen MR) is 109 cm³/mol. The average molecular weight is 391 g/mol. The number of fused-ring (bicyclic) bond motifs is 1. The van der Waals surface area contributed by atoms with Crippen LogP contribution in [0.15, 0.2) is 42.0 Å². The van der Waals surface area contributed by atoms with Crippen LogP contribution in [0.4, 0.5) is 5.69 Å². The highest BCUT2D eigenvalue weighted by Crippen LogP contribution is 2.27. The van der Waals surface area contributed by atoms with E-state index in [1.54, 1.807) is 11.3 Å². The van der Waals surface area contributed by atoms with Crippen LogP contribution in [0.2, 0.25) is 0 Å². The van der Waals surface area contributed by atoms with Crippen molar-refractivity contribution in [2.45, 2.75) is 38.1 Å². The van der Waals surface area contributed by atoms with Gasteiger partial charge in [-0.2, -0.15) is 0 Å². The third kappa shape index (κ3) is 4.09. The number of hydrogen-bond donors (Lipinski definition) is 2. The zero-order chi connectivity index (χ0) is 17.2. The highest BCUT2D eigenvalue weighted by atomic mass is 35.5. The Morgan fingerprint density at radius 1 is 1.27 bits per heavy atom. The molecule has 7 heteroatoms. The molecule has 0 aliphatic heterocycles. The van der Waals surface area contributed by atoms with Crippen LogP contribution in [0.3, 0.4) is 0 Å². The molecule has 4 rings (SSSR count). The number of halogens is 1. The summed E-state index contributed by atoms with van der Waals surface area (Å²) in [6.45, 7) is 0. The van der Waals surface area contributed by atoms with Gasteiger partial charge in [0.05, 0.1) is 5.69 Å². The Morgan fingerprint density at radius 3 is 2.77 bits per heavy atom. The van der Waals surface area contributed by atoms with Crippen molar-refractivity contribution in [3.63, 3.8) is 0 Å². The molecule has 2 atom stereocenters. The highest BCUT2D eigenvalue weighted by molar-refractivity contribution is 7.15. The van der Waals surface area contributed by atoms with E-state index >= 15 is 0 Å². The molecule has 5 nitrogen and oxygen atoms in total. The normalized spacial score (nSPS) is 19.9. The van der Waals surface area contributed by atoms with Gasteiger partial charge in [0, 0.05) is 41.5 Å². The third-order valence-electron chi connectivity index (χ3n) is 4.97. The summed E-state index contributed by atoms with van der Waals surface area (Å²) in [7, 11) is 0. The number of thiazole rings is 1. The van der Waals surface area contributed by atoms with Gasteiger partial charge in [0.15, 0.2) is 4.96 Å². The van der Waals surface area contributed by atoms with Gasteiger partial charge in [0.1, 0.15) is 0 Å². The van der Waals surface area contributed by atoms with Crippen LogP contribution in [0.25, 0.3) is 16.2 Å². The summed E-state index contributed by atoms with van der Waals surface area (Å²) >= 11 is 1.62. The Morgan fingerprint density at radius 2 is 2.04 bits per heavy atom. The van der Waals surface area contributed by atoms with Gasteiger partial charge in [0.25, 0.3) is 0 Å². The predicted octanol–water partition coefficient (Wildman–Crippen LogP) is 4.33. The lowest BCUT2D eigenvalue weighted by atomic mass is 9.83. The fraction of sp³-hybridized carbons (Fsp3) is 0.368. The molecule has 138 valence electrons. The number of nitrogens with one attached hydrogen (secondary N) is 1. The summed E-state index contributed by atoms with van der Waals surface area (Å²) in [6.07, 6.45) is 9.00. The number of rotatable bonds is 4. The van der Waals surface area contributed by atoms with Gasteiger partial charge < -0.3 is 11.1 Å². The van der Waals surface area contributed by atoms with E-state index in [2.05, 4.69) is 10.3 Å². The summed E-state index contributed by atoms with van der Waals surface area (Å²) < 4.78 is 2.02. The van der Waals surface area contributed by atoms with Gasteiger partial charge in [-0.1, -0.05) is 25.0 Å². The van der Waals surface area contributed by atoms with E-state index in [0.717, 1.165) is 34.7 Å². The van der Waals surface area contributed by atoms with E-state index in [1.807, 2.05) is 46.4 Å².